The van der Waals surface area contributed by atoms with Gasteiger partial charge in [0.2, 0.25) is 5.92 Å². The van der Waals surface area contributed by atoms with Crippen molar-refractivity contribution in [1.29, 1.82) is 0 Å². The Balaban J connectivity index is 1.95. The van der Waals surface area contributed by atoms with E-state index in [1.165, 1.54) is 4.57 Å². The van der Waals surface area contributed by atoms with Gasteiger partial charge in [0.1, 0.15) is 0 Å². The fraction of sp³-hybridized carbons (Fsp3) is 0.450. The van der Waals surface area contributed by atoms with Crippen LogP contribution in [-0.2, 0) is 13.7 Å². The number of rotatable bonds is 4. The van der Waals surface area contributed by atoms with Gasteiger partial charge in [-0.2, -0.15) is 0 Å². The highest BCUT2D eigenvalue weighted by Gasteiger charge is 2.35. The molecule has 1 fully saturated rings. The van der Waals surface area contributed by atoms with E-state index in [0.29, 0.717) is 18.4 Å². The van der Waals surface area contributed by atoms with Crippen molar-refractivity contribution in [2.24, 2.45) is 7.05 Å². The molecule has 2 N–H and O–H groups in total. The van der Waals surface area contributed by atoms with Crippen LogP contribution in [0.2, 0.25) is 0 Å². The van der Waals surface area contributed by atoms with Crippen LogP contribution in [0.4, 0.5) is 14.5 Å². The Labute approximate surface area is 151 Å². The first kappa shape index (κ1) is 18.6. The molecule has 140 valence electrons. The smallest absolute Gasteiger partial charge is 0.253 e. The molecule has 6 heteroatoms. The number of nitrogens with one attached hydrogen (secondary N) is 1. The topological polar surface area (TPSA) is 54.3 Å². The predicted octanol–water partition coefficient (Wildman–Crippen LogP) is 3.84. The van der Waals surface area contributed by atoms with Gasteiger partial charge in [-0.05, 0) is 43.5 Å². The zero-order chi connectivity index (χ0) is 18.9. The Morgan fingerprint density at radius 3 is 2.58 bits per heavy atom. The van der Waals surface area contributed by atoms with Crippen LogP contribution in [0.15, 0.2) is 35.3 Å². The van der Waals surface area contributed by atoms with Gasteiger partial charge in [0, 0.05) is 54.5 Å². The molecule has 0 radical (unpaired) electrons. The van der Waals surface area contributed by atoms with Gasteiger partial charge in [-0.1, -0.05) is 6.07 Å². The van der Waals surface area contributed by atoms with Gasteiger partial charge in [0.05, 0.1) is 6.61 Å². The van der Waals surface area contributed by atoms with Gasteiger partial charge < -0.3 is 15.0 Å². The molecule has 1 saturated carbocycles. The number of pyridine rings is 1. The lowest BCUT2D eigenvalue weighted by molar-refractivity contribution is -0.0360. The highest BCUT2D eigenvalue weighted by Crippen LogP contribution is 2.36. The molecule has 0 saturated heterocycles. The number of alkyl halides is 2. The molecule has 0 bridgehead atoms. The summed E-state index contributed by atoms with van der Waals surface area (Å²) >= 11 is 0. The fourth-order valence-electron chi connectivity index (χ4n) is 3.48. The van der Waals surface area contributed by atoms with Crippen molar-refractivity contribution in [2.45, 2.75) is 51.2 Å². The van der Waals surface area contributed by atoms with Crippen molar-refractivity contribution < 1.29 is 13.9 Å². The number of benzene rings is 1. The lowest BCUT2D eigenvalue weighted by Gasteiger charge is -2.30. The third-order valence-corrected chi connectivity index (χ3v) is 5.02. The van der Waals surface area contributed by atoms with Crippen LogP contribution in [0.5, 0.6) is 0 Å². The van der Waals surface area contributed by atoms with E-state index in [9.17, 15) is 18.7 Å². The van der Waals surface area contributed by atoms with Crippen LogP contribution in [0.1, 0.15) is 36.8 Å². The number of aromatic nitrogens is 1. The van der Waals surface area contributed by atoms with E-state index in [4.69, 9.17) is 0 Å². The standard InChI is InChI=1S/C20H24F2N2O2/c1-13-9-15(11-24(2)19(13)26)17-10-14(12-25)3-4-18(17)23-16-5-7-20(21,22)8-6-16/h3-4,9-11,16,23,25H,5-8,12H2,1-2H3. The number of hydrogen-bond donors (Lipinski definition) is 2. The summed E-state index contributed by atoms with van der Waals surface area (Å²) in [4.78, 5) is 12.0. The maximum Gasteiger partial charge on any atom is 0.253 e. The average Bonchev–Trinajstić information content (AvgIpc) is 2.61. The summed E-state index contributed by atoms with van der Waals surface area (Å²) < 4.78 is 28.3. The number of aryl methyl sites for hydroxylation is 2. The van der Waals surface area contributed by atoms with Crippen LogP contribution < -0.4 is 10.9 Å². The minimum absolute atomic E-state index is 0.0121. The molecule has 1 aliphatic carbocycles. The number of halogens is 2. The molecule has 0 aliphatic heterocycles. The molecule has 0 spiro atoms. The first-order valence-corrected chi connectivity index (χ1v) is 8.85. The van der Waals surface area contributed by atoms with Crippen LogP contribution >= 0.6 is 0 Å². The van der Waals surface area contributed by atoms with Gasteiger partial charge in [-0.3, -0.25) is 4.79 Å². The van der Waals surface area contributed by atoms with Gasteiger partial charge in [-0.15, -0.1) is 0 Å². The summed E-state index contributed by atoms with van der Waals surface area (Å²) in [6, 6.07) is 7.37. The fourth-order valence-corrected chi connectivity index (χ4v) is 3.48. The van der Waals surface area contributed by atoms with Crippen molar-refractivity contribution in [1.82, 2.24) is 4.57 Å². The molecule has 1 aromatic carbocycles. The van der Waals surface area contributed by atoms with E-state index in [0.717, 1.165) is 22.4 Å². The first-order chi connectivity index (χ1) is 12.3. The molecular formula is C20H24F2N2O2. The summed E-state index contributed by atoms with van der Waals surface area (Å²) in [5.41, 5.74) is 3.86. The van der Waals surface area contributed by atoms with Crippen molar-refractivity contribution in [3.8, 4) is 11.1 Å². The molecule has 0 amide bonds. The lowest BCUT2D eigenvalue weighted by Crippen LogP contribution is -2.32. The van der Waals surface area contributed by atoms with Crippen LogP contribution in [0.25, 0.3) is 11.1 Å². The molecule has 26 heavy (non-hydrogen) atoms. The van der Waals surface area contributed by atoms with Gasteiger partial charge >= 0.3 is 0 Å². The third-order valence-electron chi connectivity index (χ3n) is 5.02. The minimum atomic E-state index is -2.56. The molecule has 3 rings (SSSR count). The Bertz CT molecular complexity index is 825. The molecule has 1 aliphatic rings. The summed E-state index contributed by atoms with van der Waals surface area (Å²) in [7, 11) is 1.70. The predicted molar refractivity (Wildman–Crippen MR) is 98.6 cm³/mol. The van der Waals surface area contributed by atoms with E-state index in [2.05, 4.69) is 5.32 Å². The second kappa shape index (κ2) is 7.19. The van der Waals surface area contributed by atoms with E-state index >= 15 is 0 Å². The number of aliphatic hydroxyl groups is 1. The normalized spacial score (nSPS) is 17.3. The highest BCUT2D eigenvalue weighted by atomic mass is 19.3. The lowest BCUT2D eigenvalue weighted by atomic mass is 9.91. The highest BCUT2D eigenvalue weighted by molar-refractivity contribution is 5.78. The Hall–Kier alpha value is -2.21. The van der Waals surface area contributed by atoms with Gasteiger partial charge in [0.25, 0.3) is 5.56 Å². The number of aliphatic hydroxyl groups excluding tert-OH is 1. The monoisotopic (exact) mass is 362 g/mol. The van der Waals surface area contributed by atoms with Gasteiger partial charge in [-0.25, -0.2) is 8.78 Å². The number of anilines is 1. The SMILES string of the molecule is Cc1cc(-c2cc(CO)ccc2NC2CCC(F)(F)CC2)cn(C)c1=O. The summed E-state index contributed by atoms with van der Waals surface area (Å²) in [6.45, 7) is 1.67. The zero-order valence-corrected chi connectivity index (χ0v) is 15.1. The van der Waals surface area contributed by atoms with Crippen LogP contribution in [0.3, 0.4) is 0 Å². The molecule has 1 heterocycles. The minimum Gasteiger partial charge on any atom is -0.392 e. The number of hydrogen-bond acceptors (Lipinski definition) is 3. The zero-order valence-electron chi connectivity index (χ0n) is 15.1. The largest absolute Gasteiger partial charge is 0.392 e. The van der Waals surface area contributed by atoms with Gasteiger partial charge in [0.15, 0.2) is 0 Å². The number of nitrogens with zero attached hydrogens (tertiary/aromatic N) is 1. The van der Waals surface area contributed by atoms with Crippen LogP contribution in [-0.4, -0.2) is 21.6 Å². The summed E-state index contributed by atoms with van der Waals surface area (Å²) in [6.07, 6.45) is 2.38. The van der Waals surface area contributed by atoms with Crippen molar-refractivity contribution in [2.75, 3.05) is 5.32 Å². The molecule has 2 aromatic rings. The van der Waals surface area contributed by atoms with E-state index in [1.54, 1.807) is 20.2 Å². The maximum atomic E-state index is 13.4. The van der Waals surface area contributed by atoms with E-state index in [1.807, 2.05) is 24.3 Å². The van der Waals surface area contributed by atoms with Crippen molar-refractivity contribution in [3.05, 3.63) is 51.9 Å². The van der Waals surface area contributed by atoms with E-state index in [-0.39, 0.29) is 31.0 Å². The second-order valence-corrected chi connectivity index (χ2v) is 7.14. The van der Waals surface area contributed by atoms with Crippen molar-refractivity contribution in [3.63, 3.8) is 0 Å². The van der Waals surface area contributed by atoms with E-state index < -0.39 is 5.92 Å². The quantitative estimate of drug-likeness (QED) is 0.869. The molecule has 0 atom stereocenters. The Morgan fingerprint density at radius 2 is 1.96 bits per heavy atom. The molecule has 1 aromatic heterocycles. The second-order valence-electron chi connectivity index (χ2n) is 7.14. The van der Waals surface area contributed by atoms with Crippen molar-refractivity contribution >= 4 is 5.69 Å². The first-order valence-electron chi connectivity index (χ1n) is 8.85. The summed E-state index contributed by atoms with van der Waals surface area (Å²) in [5, 5.41) is 12.9. The average molecular weight is 362 g/mol. The Kier molecular flexibility index (Phi) is 5.14. The Morgan fingerprint density at radius 1 is 1.27 bits per heavy atom. The summed E-state index contributed by atoms with van der Waals surface area (Å²) in [5.74, 6) is -2.56. The maximum absolute atomic E-state index is 13.4. The molecule has 4 nitrogen and oxygen atoms in total. The molecular weight excluding hydrogens is 338 g/mol. The van der Waals surface area contributed by atoms with Crippen LogP contribution in [0, 0.1) is 6.92 Å². The third kappa shape index (κ3) is 3.96. The molecule has 0 unspecified atom stereocenters.